The molecular weight excluding hydrogens is 428 g/mol. The Labute approximate surface area is 199 Å². The highest BCUT2D eigenvalue weighted by atomic mass is 16.6. The normalized spacial score (nSPS) is 14.7. The highest BCUT2D eigenvalue weighted by Gasteiger charge is 2.31. The van der Waals surface area contributed by atoms with Gasteiger partial charge in [-0.3, -0.25) is 0 Å². The summed E-state index contributed by atoms with van der Waals surface area (Å²) in [4.78, 5) is 12.3. The van der Waals surface area contributed by atoms with Crippen molar-refractivity contribution in [2.24, 2.45) is 5.73 Å². The number of esters is 1. The third kappa shape index (κ3) is 4.74. The maximum atomic E-state index is 12.3. The number of nitrogens with two attached hydrogens (primary N) is 1. The van der Waals surface area contributed by atoms with E-state index in [2.05, 4.69) is 32.0 Å². The molecule has 4 rings (SSSR count). The molecule has 3 aromatic rings. The Bertz CT molecular complexity index is 1290. The molecule has 0 fully saturated rings. The number of hydrogen-bond donors (Lipinski definition) is 1. The van der Waals surface area contributed by atoms with E-state index >= 15 is 0 Å². The van der Waals surface area contributed by atoms with E-state index in [4.69, 9.17) is 19.9 Å². The first kappa shape index (κ1) is 22.9. The molecular formula is C28H26N2O4. The van der Waals surface area contributed by atoms with Crippen LogP contribution in [-0.2, 0) is 4.79 Å². The Morgan fingerprint density at radius 2 is 1.85 bits per heavy atom. The van der Waals surface area contributed by atoms with Gasteiger partial charge in [-0.15, -0.1) is 0 Å². The predicted molar refractivity (Wildman–Crippen MR) is 129 cm³/mol. The van der Waals surface area contributed by atoms with E-state index in [0.29, 0.717) is 28.7 Å². The van der Waals surface area contributed by atoms with Crippen LogP contribution in [0.4, 0.5) is 0 Å². The number of ether oxygens (including phenoxy) is 3. The molecule has 0 saturated carbocycles. The second-order valence-corrected chi connectivity index (χ2v) is 8.47. The number of para-hydroxylation sites is 1. The molecule has 172 valence electrons. The Morgan fingerprint density at radius 1 is 1.12 bits per heavy atom. The van der Waals surface area contributed by atoms with Gasteiger partial charge in [-0.2, -0.15) is 5.26 Å². The van der Waals surface area contributed by atoms with Crippen molar-refractivity contribution in [3.05, 3.63) is 100 Å². The second-order valence-electron chi connectivity index (χ2n) is 8.47. The van der Waals surface area contributed by atoms with Gasteiger partial charge >= 0.3 is 5.97 Å². The number of nitrogens with zero attached hydrogens (tertiary/aromatic N) is 1. The highest BCUT2D eigenvalue weighted by molar-refractivity contribution is 5.74. The van der Waals surface area contributed by atoms with Gasteiger partial charge in [-0.05, 0) is 41.7 Å². The summed E-state index contributed by atoms with van der Waals surface area (Å²) in [5.74, 6) is 0.906. The number of allylic oxidation sites excluding steroid dienone is 1. The number of rotatable bonds is 6. The van der Waals surface area contributed by atoms with Crippen LogP contribution >= 0.6 is 0 Å². The molecule has 0 bridgehead atoms. The van der Waals surface area contributed by atoms with Crippen molar-refractivity contribution in [1.29, 1.82) is 5.26 Å². The molecule has 34 heavy (non-hydrogen) atoms. The van der Waals surface area contributed by atoms with Crippen LogP contribution < -0.4 is 19.9 Å². The Hall–Kier alpha value is -4.24. The van der Waals surface area contributed by atoms with Gasteiger partial charge in [0, 0.05) is 11.6 Å². The first-order valence-electron chi connectivity index (χ1n) is 11.1. The number of hydrogen-bond acceptors (Lipinski definition) is 6. The molecule has 6 nitrogen and oxygen atoms in total. The van der Waals surface area contributed by atoms with Crippen LogP contribution in [0.15, 0.2) is 78.2 Å². The van der Waals surface area contributed by atoms with Gasteiger partial charge in [0.15, 0.2) is 6.61 Å². The Morgan fingerprint density at radius 3 is 2.53 bits per heavy atom. The molecule has 1 atom stereocenters. The summed E-state index contributed by atoms with van der Waals surface area (Å²) < 4.78 is 16.7. The topological polar surface area (TPSA) is 94.6 Å². The molecule has 1 heterocycles. The summed E-state index contributed by atoms with van der Waals surface area (Å²) in [6.45, 7) is 5.94. The monoisotopic (exact) mass is 454 g/mol. The fourth-order valence-electron chi connectivity index (χ4n) is 3.93. The van der Waals surface area contributed by atoms with Gasteiger partial charge in [0.1, 0.15) is 28.9 Å². The van der Waals surface area contributed by atoms with Crippen molar-refractivity contribution >= 4 is 5.97 Å². The Kier molecular flexibility index (Phi) is 6.55. The molecule has 3 aromatic carbocycles. The number of fused-ring (bicyclic) bond motifs is 1. The minimum absolute atomic E-state index is 0.0410. The largest absolute Gasteiger partial charge is 0.482 e. The predicted octanol–water partition coefficient (Wildman–Crippen LogP) is 5.32. The molecule has 6 heteroatoms. The lowest BCUT2D eigenvalue weighted by atomic mass is 9.83. The maximum absolute atomic E-state index is 12.3. The van der Waals surface area contributed by atoms with Gasteiger partial charge < -0.3 is 19.9 Å². The van der Waals surface area contributed by atoms with Gasteiger partial charge in [0.25, 0.3) is 0 Å². The lowest BCUT2D eigenvalue weighted by Crippen LogP contribution is -2.21. The third-order valence-corrected chi connectivity index (χ3v) is 5.80. The number of carbonyl (C=O) groups is 1. The van der Waals surface area contributed by atoms with E-state index in [-0.39, 0.29) is 18.4 Å². The Balaban J connectivity index is 1.55. The molecule has 0 saturated heterocycles. The second kappa shape index (κ2) is 9.72. The molecule has 0 spiro atoms. The minimum atomic E-state index is -0.541. The van der Waals surface area contributed by atoms with Crippen LogP contribution in [0, 0.1) is 18.3 Å². The quantitative estimate of drug-likeness (QED) is 0.400. The average molecular weight is 455 g/mol. The highest BCUT2D eigenvalue weighted by Crippen LogP contribution is 2.43. The van der Waals surface area contributed by atoms with Crippen LogP contribution in [-0.4, -0.2) is 12.6 Å². The van der Waals surface area contributed by atoms with E-state index in [9.17, 15) is 10.1 Å². The fraction of sp³-hybridized carbons (Fsp3) is 0.214. The van der Waals surface area contributed by atoms with Crippen molar-refractivity contribution in [1.82, 2.24) is 0 Å². The molecule has 1 unspecified atom stereocenters. The summed E-state index contributed by atoms with van der Waals surface area (Å²) in [5.41, 5.74) is 10.3. The summed E-state index contributed by atoms with van der Waals surface area (Å²) in [7, 11) is 0. The molecule has 1 aliphatic rings. The first-order chi connectivity index (χ1) is 16.4. The molecule has 2 N–H and O–H groups in total. The molecule has 0 amide bonds. The zero-order valence-corrected chi connectivity index (χ0v) is 19.4. The van der Waals surface area contributed by atoms with Crippen LogP contribution in [0.2, 0.25) is 0 Å². The van der Waals surface area contributed by atoms with Crippen molar-refractivity contribution in [3.8, 4) is 23.3 Å². The van der Waals surface area contributed by atoms with Crippen LogP contribution in [0.1, 0.15) is 47.9 Å². The zero-order valence-electron chi connectivity index (χ0n) is 19.4. The number of nitriles is 1. The molecule has 0 aliphatic carbocycles. The summed E-state index contributed by atoms with van der Waals surface area (Å²) >= 11 is 0. The van der Waals surface area contributed by atoms with E-state index in [1.54, 1.807) is 24.3 Å². The summed E-state index contributed by atoms with van der Waals surface area (Å²) in [5, 5.41) is 9.76. The number of benzene rings is 3. The van der Waals surface area contributed by atoms with Gasteiger partial charge in [0.05, 0.1) is 5.92 Å². The smallest absolute Gasteiger partial charge is 0.349 e. The van der Waals surface area contributed by atoms with Crippen molar-refractivity contribution in [2.45, 2.75) is 32.6 Å². The van der Waals surface area contributed by atoms with E-state index in [1.165, 1.54) is 5.56 Å². The van der Waals surface area contributed by atoms with Crippen LogP contribution in [0.25, 0.3) is 0 Å². The van der Waals surface area contributed by atoms with Crippen molar-refractivity contribution in [3.63, 3.8) is 0 Å². The fourth-order valence-corrected chi connectivity index (χ4v) is 3.93. The van der Waals surface area contributed by atoms with Crippen LogP contribution in [0.3, 0.4) is 0 Å². The first-order valence-corrected chi connectivity index (χ1v) is 11.1. The van der Waals surface area contributed by atoms with Crippen molar-refractivity contribution in [2.75, 3.05) is 6.61 Å². The maximum Gasteiger partial charge on any atom is 0.349 e. The SMILES string of the molecule is Cc1ccccc1OCC(=O)Oc1ccc2c(c1)OC(N)=C(C#N)C2c1ccc(C(C)C)cc1. The molecule has 0 aromatic heterocycles. The third-order valence-electron chi connectivity index (χ3n) is 5.80. The minimum Gasteiger partial charge on any atom is -0.482 e. The van der Waals surface area contributed by atoms with E-state index in [1.807, 2.05) is 37.3 Å². The average Bonchev–Trinajstić information content (AvgIpc) is 2.82. The summed E-state index contributed by atoms with van der Waals surface area (Å²) in [6.07, 6.45) is 0. The lowest BCUT2D eigenvalue weighted by Gasteiger charge is -2.27. The van der Waals surface area contributed by atoms with Crippen LogP contribution in [0.5, 0.6) is 17.2 Å². The standard InChI is InChI=1S/C28H26N2O4/c1-17(2)19-8-10-20(11-9-19)27-22-13-12-21(14-25(22)34-28(30)23(27)15-29)33-26(31)16-32-24-7-5-4-6-18(24)3/h4-14,17,27H,16,30H2,1-3H3. The van der Waals surface area contributed by atoms with E-state index < -0.39 is 5.97 Å². The molecule has 1 aliphatic heterocycles. The van der Waals surface area contributed by atoms with Crippen molar-refractivity contribution < 1.29 is 19.0 Å². The van der Waals surface area contributed by atoms with Gasteiger partial charge in [0.2, 0.25) is 5.88 Å². The van der Waals surface area contributed by atoms with E-state index in [0.717, 1.165) is 16.7 Å². The number of carbonyl (C=O) groups excluding carboxylic acids is 1. The number of aryl methyl sites for hydroxylation is 1. The summed E-state index contributed by atoms with van der Waals surface area (Å²) in [6, 6.07) is 22.9. The van der Waals surface area contributed by atoms with Gasteiger partial charge in [-0.25, -0.2) is 4.79 Å². The van der Waals surface area contributed by atoms with Gasteiger partial charge in [-0.1, -0.05) is 62.4 Å². The molecule has 0 radical (unpaired) electrons. The lowest BCUT2D eigenvalue weighted by molar-refractivity contribution is -0.136. The zero-order chi connectivity index (χ0) is 24.2.